The van der Waals surface area contributed by atoms with Gasteiger partial charge in [-0.1, -0.05) is 0 Å². The van der Waals surface area contributed by atoms with Crippen LogP contribution >= 0.6 is 0 Å². The Morgan fingerprint density at radius 3 is 2.53 bits per heavy atom. The Labute approximate surface area is 106 Å². The average Bonchev–Trinajstić information content (AvgIpc) is 2.32. The van der Waals surface area contributed by atoms with Gasteiger partial charge in [0.1, 0.15) is 0 Å². The van der Waals surface area contributed by atoms with E-state index in [-0.39, 0.29) is 15.0 Å². The molecule has 0 radical (unpaired) electrons. The van der Waals surface area contributed by atoms with Crippen LogP contribution in [0, 0.1) is 11.6 Å². The minimum atomic E-state index is -0.777. The van der Waals surface area contributed by atoms with Gasteiger partial charge in [-0.05, 0) is 0 Å². The van der Waals surface area contributed by atoms with Crippen molar-refractivity contribution >= 4 is 24.2 Å². The predicted molar refractivity (Wildman–Crippen MR) is 65.8 cm³/mol. The summed E-state index contributed by atoms with van der Waals surface area (Å²) >= 11 is -0.0197. The van der Waals surface area contributed by atoms with E-state index in [9.17, 15) is 8.78 Å². The molecule has 0 saturated heterocycles. The van der Waals surface area contributed by atoms with Crippen molar-refractivity contribution in [3.63, 3.8) is 0 Å². The summed E-state index contributed by atoms with van der Waals surface area (Å²) in [4.78, 5) is 6.64. The molecule has 0 amide bonds. The Balaban J connectivity index is 2.27. The van der Waals surface area contributed by atoms with Gasteiger partial charge in [0.2, 0.25) is 0 Å². The van der Waals surface area contributed by atoms with Gasteiger partial charge in [0.15, 0.2) is 0 Å². The van der Waals surface area contributed by atoms with E-state index in [4.69, 9.17) is 0 Å². The fourth-order valence-corrected chi connectivity index (χ4v) is 4.10. The summed E-state index contributed by atoms with van der Waals surface area (Å²) in [6, 6.07) is 2.60. The fraction of sp³-hybridized carbons (Fsp3) is 0.417. The number of aliphatic imine (C=N–C) groups is 1. The minimum absolute atomic E-state index is 0.0197. The molecule has 0 N–H and O–H groups in total. The Kier molecular flexibility index (Phi) is 3.79. The molecular weight excluding hydrogens is 289 g/mol. The summed E-state index contributed by atoms with van der Waals surface area (Å²) in [5.41, 5.74) is 0.819. The van der Waals surface area contributed by atoms with Crippen LogP contribution in [0.3, 0.4) is 0 Å². The molecule has 0 aromatic heterocycles. The monoisotopic (exact) mass is 304 g/mol. The maximum atomic E-state index is 13.2. The number of hydrogen-bond acceptors (Lipinski definition) is 2. The first-order valence-corrected chi connectivity index (χ1v) is 7.32. The summed E-state index contributed by atoms with van der Waals surface area (Å²) in [6.45, 7) is 6.40. The fourth-order valence-electron chi connectivity index (χ4n) is 1.73. The molecule has 0 atom stereocenters. The first kappa shape index (κ1) is 12.5. The Hall–Kier alpha value is -0.931. The molecule has 17 heavy (non-hydrogen) atoms. The van der Waals surface area contributed by atoms with Crippen LogP contribution in [0.15, 0.2) is 17.1 Å². The van der Waals surface area contributed by atoms with E-state index in [1.165, 1.54) is 12.1 Å². The van der Waals surface area contributed by atoms with Crippen LogP contribution in [-0.4, -0.2) is 37.7 Å². The maximum absolute atomic E-state index is 13.2. The first-order chi connectivity index (χ1) is 8.15. The van der Waals surface area contributed by atoms with Crippen LogP contribution in [-0.2, 0) is 6.54 Å². The van der Waals surface area contributed by atoms with E-state index < -0.39 is 11.6 Å². The van der Waals surface area contributed by atoms with Crippen molar-refractivity contribution in [2.24, 2.45) is 4.99 Å². The first-order valence-electron chi connectivity index (χ1n) is 5.60. The van der Waals surface area contributed by atoms with Gasteiger partial charge < -0.3 is 0 Å². The van der Waals surface area contributed by atoms with Crippen molar-refractivity contribution in [2.75, 3.05) is 13.1 Å². The zero-order valence-corrected chi connectivity index (χ0v) is 11.5. The standard InChI is InChI=1S/C12H14F2N2Se/c1-3-16(4-2)12-15-7-8-5-9(13)10(14)6-11(8)17-12/h5-6H,3-4,7H2,1-2H3. The molecule has 0 saturated carbocycles. The quantitative estimate of drug-likeness (QED) is 0.756. The summed E-state index contributed by atoms with van der Waals surface area (Å²) in [5.74, 6) is -1.53. The predicted octanol–water partition coefficient (Wildman–Crippen LogP) is 1.51. The Morgan fingerprint density at radius 1 is 1.24 bits per heavy atom. The third-order valence-electron chi connectivity index (χ3n) is 2.72. The van der Waals surface area contributed by atoms with Crippen molar-refractivity contribution < 1.29 is 8.78 Å². The van der Waals surface area contributed by atoms with E-state index in [2.05, 4.69) is 23.7 Å². The summed E-state index contributed by atoms with van der Waals surface area (Å²) in [6.07, 6.45) is 0. The van der Waals surface area contributed by atoms with Crippen LogP contribution in [0.2, 0.25) is 0 Å². The second-order valence-electron chi connectivity index (χ2n) is 3.75. The van der Waals surface area contributed by atoms with E-state index in [1.54, 1.807) is 0 Å². The molecule has 0 fully saturated rings. The van der Waals surface area contributed by atoms with Crippen molar-refractivity contribution in [3.05, 3.63) is 29.3 Å². The molecule has 1 aromatic rings. The topological polar surface area (TPSA) is 15.6 Å². The Bertz CT molecular complexity index is 456. The van der Waals surface area contributed by atoms with Crippen molar-refractivity contribution in [3.8, 4) is 0 Å². The van der Waals surface area contributed by atoms with E-state index in [0.717, 1.165) is 27.8 Å². The van der Waals surface area contributed by atoms with Gasteiger partial charge in [-0.3, -0.25) is 0 Å². The summed E-state index contributed by atoms with van der Waals surface area (Å²) in [5, 5.41) is 0. The van der Waals surface area contributed by atoms with Crippen LogP contribution in [0.1, 0.15) is 19.4 Å². The third kappa shape index (κ3) is 2.50. The van der Waals surface area contributed by atoms with Gasteiger partial charge in [0, 0.05) is 0 Å². The summed E-state index contributed by atoms with van der Waals surface area (Å²) in [7, 11) is 0. The molecule has 1 aliphatic rings. The molecule has 1 heterocycles. The van der Waals surface area contributed by atoms with E-state index in [0.29, 0.717) is 6.54 Å². The van der Waals surface area contributed by atoms with Crippen molar-refractivity contribution in [1.29, 1.82) is 0 Å². The molecule has 0 aliphatic carbocycles. The molecule has 1 aromatic carbocycles. The Morgan fingerprint density at radius 2 is 1.88 bits per heavy atom. The van der Waals surface area contributed by atoms with Crippen LogP contribution < -0.4 is 4.46 Å². The van der Waals surface area contributed by atoms with Crippen LogP contribution in [0.5, 0.6) is 0 Å². The number of nitrogens with zero attached hydrogens (tertiary/aromatic N) is 2. The molecular formula is C12H14F2N2Se. The van der Waals surface area contributed by atoms with Crippen molar-refractivity contribution in [2.45, 2.75) is 20.4 Å². The van der Waals surface area contributed by atoms with Gasteiger partial charge in [-0.15, -0.1) is 0 Å². The average molecular weight is 303 g/mol. The molecule has 5 heteroatoms. The van der Waals surface area contributed by atoms with Gasteiger partial charge in [0.05, 0.1) is 0 Å². The number of hydrogen-bond donors (Lipinski definition) is 0. The number of halogens is 2. The molecule has 0 bridgehead atoms. The second kappa shape index (κ2) is 5.15. The number of benzene rings is 1. The third-order valence-corrected chi connectivity index (χ3v) is 5.18. The van der Waals surface area contributed by atoms with Crippen LogP contribution in [0.4, 0.5) is 8.78 Å². The van der Waals surface area contributed by atoms with Gasteiger partial charge in [0.25, 0.3) is 0 Å². The molecule has 92 valence electrons. The van der Waals surface area contributed by atoms with E-state index >= 15 is 0 Å². The van der Waals surface area contributed by atoms with Crippen molar-refractivity contribution in [1.82, 2.24) is 4.90 Å². The van der Waals surface area contributed by atoms with Gasteiger partial charge in [-0.25, -0.2) is 0 Å². The molecule has 0 unspecified atom stereocenters. The normalized spacial score (nSPS) is 14.2. The number of rotatable bonds is 2. The zero-order chi connectivity index (χ0) is 12.4. The SMILES string of the molecule is CCN(CC)C1=NCc2cc(F)c(F)cc2[Se]1. The van der Waals surface area contributed by atoms with Gasteiger partial charge in [-0.2, -0.15) is 0 Å². The molecule has 2 nitrogen and oxygen atoms in total. The second-order valence-corrected chi connectivity index (χ2v) is 5.86. The number of fused-ring (bicyclic) bond motifs is 1. The zero-order valence-electron chi connectivity index (χ0n) is 9.83. The molecule has 2 rings (SSSR count). The molecule has 1 aliphatic heterocycles. The molecule has 0 spiro atoms. The van der Waals surface area contributed by atoms with Gasteiger partial charge >= 0.3 is 106 Å². The van der Waals surface area contributed by atoms with E-state index in [1.807, 2.05) is 0 Å². The van der Waals surface area contributed by atoms with Crippen LogP contribution in [0.25, 0.3) is 0 Å². The summed E-state index contributed by atoms with van der Waals surface area (Å²) < 4.78 is 28.2. The number of amidine groups is 1.